The molecule has 0 bridgehead atoms. The molecule has 1 aliphatic rings. The van der Waals surface area contributed by atoms with Gasteiger partial charge in [0, 0.05) is 18.0 Å². The molecule has 1 heterocycles. The molecule has 1 N–H and O–H groups in total. The van der Waals surface area contributed by atoms with E-state index in [0.717, 1.165) is 6.54 Å². The molecule has 0 spiro atoms. The van der Waals surface area contributed by atoms with Gasteiger partial charge in [-0.05, 0) is 31.4 Å². The Morgan fingerprint density at radius 1 is 1.26 bits per heavy atom. The molecule has 0 radical (unpaired) electrons. The molecule has 1 aromatic carbocycles. The Bertz CT molecular complexity index is 378. The van der Waals surface area contributed by atoms with Crippen LogP contribution in [-0.2, 0) is 5.41 Å². The van der Waals surface area contributed by atoms with Crippen LogP contribution in [0.2, 0.25) is 0 Å². The van der Waals surface area contributed by atoms with E-state index in [0.29, 0.717) is 6.04 Å². The number of hydrogen-bond donors (Lipinski definition) is 1. The molecule has 0 aliphatic carbocycles. The lowest BCUT2D eigenvalue weighted by Gasteiger charge is -2.41. The van der Waals surface area contributed by atoms with Gasteiger partial charge in [0.1, 0.15) is 0 Å². The Kier molecular flexibility index (Phi) is 5.00. The average molecular weight is 261 g/mol. The highest BCUT2D eigenvalue weighted by molar-refractivity contribution is 5.25. The maximum atomic E-state index is 9.90. The standard InChI is InChI=1S/C17H27NO/c1-3-16-11-7-8-12-18(16)13-17(2,14-19)15-9-5-4-6-10-15/h4-6,9-10,16,19H,3,7-8,11-14H2,1-2H3. The van der Waals surface area contributed by atoms with Crippen molar-refractivity contribution < 1.29 is 5.11 Å². The molecule has 2 nitrogen and oxygen atoms in total. The van der Waals surface area contributed by atoms with Gasteiger partial charge in [0.2, 0.25) is 0 Å². The summed E-state index contributed by atoms with van der Waals surface area (Å²) in [7, 11) is 0. The van der Waals surface area contributed by atoms with E-state index < -0.39 is 0 Å². The van der Waals surface area contributed by atoms with E-state index in [2.05, 4.69) is 43.0 Å². The smallest absolute Gasteiger partial charge is 0.0537 e. The topological polar surface area (TPSA) is 23.5 Å². The molecule has 0 amide bonds. The zero-order valence-electron chi connectivity index (χ0n) is 12.3. The third-order valence-electron chi connectivity index (χ3n) is 4.59. The Balaban J connectivity index is 2.13. The first kappa shape index (κ1) is 14.5. The van der Waals surface area contributed by atoms with Crippen LogP contribution in [-0.4, -0.2) is 35.7 Å². The Labute approximate surface area is 117 Å². The highest BCUT2D eigenvalue weighted by Gasteiger charge is 2.31. The quantitative estimate of drug-likeness (QED) is 0.880. The summed E-state index contributed by atoms with van der Waals surface area (Å²) >= 11 is 0. The first-order valence-electron chi connectivity index (χ1n) is 7.60. The summed E-state index contributed by atoms with van der Waals surface area (Å²) in [5.74, 6) is 0. The molecule has 1 aromatic rings. The summed E-state index contributed by atoms with van der Waals surface area (Å²) in [4.78, 5) is 2.59. The number of aliphatic hydroxyl groups is 1. The molecule has 0 saturated carbocycles. The Morgan fingerprint density at radius 2 is 2.00 bits per heavy atom. The van der Waals surface area contributed by atoms with Crippen LogP contribution in [0.3, 0.4) is 0 Å². The second-order valence-corrected chi connectivity index (χ2v) is 6.11. The third kappa shape index (κ3) is 3.37. The van der Waals surface area contributed by atoms with Crippen molar-refractivity contribution in [3.8, 4) is 0 Å². The van der Waals surface area contributed by atoms with E-state index in [1.807, 2.05) is 6.07 Å². The zero-order valence-corrected chi connectivity index (χ0v) is 12.3. The van der Waals surface area contributed by atoms with Gasteiger partial charge in [0.25, 0.3) is 0 Å². The molecule has 19 heavy (non-hydrogen) atoms. The van der Waals surface area contributed by atoms with E-state index in [1.54, 1.807) is 0 Å². The maximum Gasteiger partial charge on any atom is 0.0537 e. The molecule has 1 saturated heterocycles. The fourth-order valence-corrected chi connectivity index (χ4v) is 3.25. The highest BCUT2D eigenvalue weighted by Crippen LogP contribution is 2.28. The van der Waals surface area contributed by atoms with Crippen molar-refractivity contribution in [1.29, 1.82) is 0 Å². The van der Waals surface area contributed by atoms with Gasteiger partial charge < -0.3 is 5.11 Å². The Hall–Kier alpha value is -0.860. The number of benzene rings is 1. The van der Waals surface area contributed by atoms with Gasteiger partial charge >= 0.3 is 0 Å². The minimum Gasteiger partial charge on any atom is -0.395 e. The average Bonchev–Trinajstić information content (AvgIpc) is 2.48. The van der Waals surface area contributed by atoms with Crippen molar-refractivity contribution >= 4 is 0 Å². The van der Waals surface area contributed by atoms with Gasteiger partial charge in [-0.3, -0.25) is 4.90 Å². The minimum absolute atomic E-state index is 0.147. The van der Waals surface area contributed by atoms with Crippen molar-refractivity contribution in [3.63, 3.8) is 0 Å². The van der Waals surface area contributed by atoms with Crippen LogP contribution < -0.4 is 0 Å². The SMILES string of the molecule is CCC1CCCCN1CC(C)(CO)c1ccccc1. The molecule has 0 aromatic heterocycles. The predicted molar refractivity (Wildman–Crippen MR) is 80.4 cm³/mol. The van der Waals surface area contributed by atoms with Crippen molar-refractivity contribution in [1.82, 2.24) is 4.90 Å². The van der Waals surface area contributed by atoms with Gasteiger partial charge in [-0.15, -0.1) is 0 Å². The second-order valence-electron chi connectivity index (χ2n) is 6.11. The monoisotopic (exact) mass is 261 g/mol. The minimum atomic E-state index is -0.147. The maximum absolute atomic E-state index is 9.90. The molecular formula is C17H27NO. The highest BCUT2D eigenvalue weighted by atomic mass is 16.3. The molecule has 1 fully saturated rings. The summed E-state index contributed by atoms with van der Waals surface area (Å²) in [6, 6.07) is 11.1. The summed E-state index contributed by atoms with van der Waals surface area (Å²) in [6.07, 6.45) is 5.19. The van der Waals surface area contributed by atoms with E-state index in [9.17, 15) is 5.11 Å². The van der Waals surface area contributed by atoms with E-state index in [4.69, 9.17) is 0 Å². The van der Waals surface area contributed by atoms with Gasteiger partial charge in [0.15, 0.2) is 0 Å². The zero-order chi connectivity index (χ0) is 13.7. The van der Waals surface area contributed by atoms with Crippen LogP contribution in [0.15, 0.2) is 30.3 Å². The number of rotatable bonds is 5. The lowest BCUT2D eigenvalue weighted by atomic mass is 9.81. The van der Waals surface area contributed by atoms with E-state index in [-0.39, 0.29) is 12.0 Å². The van der Waals surface area contributed by atoms with Crippen molar-refractivity contribution in [2.45, 2.75) is 51.0 Å². The van der Waals surface area contributed by atoms with Crippen LogP contribution in [0, 0.1) is 0 Å². The van der Waals surface area contributed by atoms with Gasteiger partial charge in [0.05, 0.1) is 6.61 Å². The van der Waals surface area contributed by atoms with E-state index in [1.165, 1.54) is 37.8 Å². The second kappa shape index (κ2) is 6.53. The van der Waals surface area contributed by atoms with Crippen LogP contribution in [0.25, 0.3) is 0 Å². The predicted octanol–water partition coefficient (Wildman–Crippen LogP) is 3.20. The largest absolute Gasteiger partial charge is 0.395 e. The van der Waals surface area contributed by atoms with Gasteiger partial charge in [-0.2, -0.15) is 0 Å². The molecule has 1 aliphatic heterocycles. The summed E-state index contributed by atoms with van der Waals surface area (Å²) in [5.41, 5.74) is 1.10. The number of likely N-dealkylation sites (tertiary alicyclic amines) is 1. The van der Waals surface area contributed by atoms with Crippen LogP contribution >= 0.6 is 0 Å². The fraction of sp³-hybridized carbons (Fsp3) is 0.647. The fourth-order valence-electron chi connectivity index (χ4n) is 3.25. The molecule has 106 valence electrons. The molecule has 2 atom stereocenters. The molecule has 2 rings (SSSR count). The number of aliphatic hydroxyl groups excluding tert-OH is 1. The summed E-state index contributed by atoms with van der Waals surface area (Å²) in [6.45, 7) is 6.82. The van der Waals surface area contributed by atoms with Gasteiger partial charge in [-0.1, -0.05) is 50.6 Å². The summed E-state index contributed by atoms with van der Waals surface area (Å²) < 4.78 is 0. The first-order chi connectivity index (χ1) is 9.19. The summed E-state index contributed by atoms with van der Waals surface area (Å²) in [5, 5.41) is 9.90. The molecule has 2 unspecified atom stereocenters. The molecular weight excluding hydrogens is 234 g/mol. The third-order valence-corrected chi connectivity index (χ3v) is 4.59. The number of piperidine rings is 1. The normalized spacial score (nSPS) is 24.1. The van der Waals surface area contributed by atoms with Gasteiger partial charge in [-0.25, -0.2) is 0 Å². The lowest BCUT2D eigenvalue weighted by Crippen LogP contribution is -2.48. The van der Waals surface area contributed by atoms with Crippen molar-refractivity contribution in [2.75, 3.05) is 19.7 Å². The number of hydrogen-bond acceptors (Lipinski definition) is 2. The van der Waals surface area contributed by atoms with Crippen LogP contribution in [0.5, 0.6) is 0 Å². The van der Waals surface area contributed by atoms with Crippen molar-refractivity contribution in [3.05, 3.63) is 35.9 Å². The molecule has 2 heteroatoms. The lowest BCUT2D eigenvalue weighted by molar-refractivity contribution is 0.0866. The van der Waals surface area contributed by atoms with Crippen molar-refractivity contribution in [2.24, 2.45) is 0 Å². The first-order valence-corrected chi connectivity index (χ1v) is 7.60. The Morgan fingerprint density at radius 3 is 2.63 bits per heavy atom. The number of nitrogens with zero attached hydrogens (tertiary/aromatic N) is 1. The van der Waals surface area contributed by atoms with E-state index >= 15 is 0 Å². The van der Waals surface area contributed by atoms with Crippen LogP contribution in [0.1, 0.15) is 45.1 Å². The van der Waals surface area contributed by atoms with Crippen LogP contribution in [0.4, 0.5) is 0 Å².